The number of nitrogens with one attached hydrogen (secondary N) is 1. The van der Waals surface area contributed by atoms with Crippen molar-refractivity contribution < 1.29 is 0 Å². The number of anilines is 1. The molecule has 20 heavy (non-hydrogen) atoms. The van der Waals surface area contributed by atoms with E-state index >= 15 is 0 Å². The summed E-state index contributed by atoms with van der Waals surface area (Å²) in [4.78, 5) is 12.6. The molecule has 5 heteroatoms. The quantitative estimate of drug-likeness (QED) is 0.905. The zero-order chi connectivity index (χ0) is 14.2. The fraction of sp³-hybridized carbons (Fsp3) is 0.733. The highest BCUT2D eigenvalue weighted by atomic mass is 35.5. The van der Waals surface area contributed by atoms with Crippen molar-refractivity contribution in [2.75, 3.05) is 5.32 Å². The molecule has 1 heterocycles. The van der Waals surface area contributed by atoms with Crippen LogP contribution in [-0.2, 0) is 6.54 Å². The van der Waals surface area contributed by atoms with Gasteiger partial charge < -0.3 is 5.32 Å². The molecule has 0 atom stereocenters. The van der Waals surface area contributed by atoms with Crippen LogP contribution in [0, 0.1) is 5.92 Å². The lowest BCUT2D eigenvalue weighted by molar-refractivity contribution is 0.259. The van der Waals surface area contributed by atoms with Gasteiger partial charge in [0.15, 0.2) is 0 Å². The minimum atomic E-state index is -0.0656. The van der Waals surface area contributed by atoms with Crippen molar-refractivity contribution in [3.8, 4) is 0 Å². The number of hydrogen-bond acceptors (Lipinski definition) is 3. The first kappa shape index (κ1) is 13.9. The van der Waals surface area contributed by atoms with E-state index in [1.165, 1.54) is 25.7 Å². The molecule has 3 rings (SSSR count). The van der Waals surface area contributed by atoms with Crippen LogP contribution in [0.25, 0.3) is 0 Å². The van der Waals surface area contributed by atoms with Crippen LogP contribution >= 0.6 is 11.6 Å². The van der Waals surface area contributed by atoms with Gasteiger partial charge in [-0.15, -0.1) is 0 Å². The fourth-order valence-corrected chi connectivity index (χ4v) is 3.24. The molecule has 2 aliphatic carbocycles. The summed E-state index contributed by atoms with van der Waals surface area (Å²) in [6.45, 7) is 2.89. The smallest absolute Gasteiger partial charge is 0.291 e. The molecule has 1 N–H and O–H groups in total. The average molecular weight is 296 g/mol. The minimum Gasteiger partial charge on any atom is -0.374 e. The summed E-state index contributed by atoms with van der Waals surface area (Å²) in [5.41, 5.74) is 0.546. The molecule has 0 aromatic carbocycles. The molecule has 0 spiro atoms. The standard InChI is InChI=1S/C15H22ClN3O/c1-2-15(7-4-8-15)18-13-12(16)9-17-19(14(13)20)10-11-5-3-6-11/h9,11,18H,2-8,10H2,1H3. The SMILES string of the molecule is CCC1(Nc2c(Cl)cnn(CC3CCC3)c2=O)CCC1. The molecule has 0 amide bonds. The first-order valence-electron chi connectivity index (χ1n) is 7.67. The van der Waals surface area contributed by atoms with Gasteiger partial charge in [-0.2, -0.15) is 5.10 Å². The largest absolute Gasteiger partial charge is 0.374 e. The first-order chi connectivity index (χ1) is 9.63. The van der Waals surface area contributed by atoms with E-state index in [0.717, 1.165) is 25.8 Å². The second-order valence-corrected chi connectivity index (χ2v) is 6.67. The Kier molecular flexibility index (Phi) is 3.76. The molecule has 1 aromatic heterocycles. The van der Waals surface area contributed by atoms with Crippen LogP contribution in [-0.4, -0.2) is 15.3 Å². The van der Waals surface area contributed by atoms with Crippen molar-refractivity contribution >= 4 is 17.3 Å². The molecule has 0 radical (unpaired) electrons. The van der Waals surface area contributed by atoms with Crippen LogP contribution in [0.5, 0.6) is 0 Å². The van der Waals surface area contributed by atoms with E-state index in [4.69, 9.17) is 11.6 Å². The topological polar surface area (TPSA) is 46.9 Å². The van der Waals surface area contributed by atoms with Gasteiger partial charge in [-0.3, -0.25) is 4.79 Å². The molecule has 0 bridgehead atoms. The van der Waals surface area contributed by atoms with Gasteiger partial charge >= 0.3 is 0 Å². The zero-order valence-electron chi connectivity index (χ0n) is 12.0. The van der Waals surface area contributed by atoms with Gasteiger partial charge in [0, 0.05) is 12.1 Å². The molecule has 4 nitrogen and oxygen atoms in total. The Bertz CT molecular complexity index is 541. The lowest BCUT2D eigenvalue weighted by Crippen LogP contribution is -2.46. The van der Waals surface area contributed by atoms with Gasteiger partial charge in [0.05, 0.1) is 11.2 Å². The van der Waals surface area contributed by atoms with Crippen molar-refractivity contribution in [2.45, 2.75) is 64.0 Å². The van der Waals surface area contributed by atoms with Gasteiger partial charge in [-0.1, -0.05) is 24.9 Å². The van der Waals surface area contributed by atoms with Crippen LogP contribution in [0.3, 0.4) is 0 Å². The number of halogens is 1. The summed E-state index contributed by atoms with van der Waals surface area (Å²) in [7, 11) is 0. The van der Waals surface area contributed by atoms with Gasteiger partial charge in [0.1, 0.15) is 5.69 Å². The zero-order valence-corrected chi connectivity index (χ0v) is 12.7. The third-order valence-electron chi connectivity index (χ3n) is 5.03. The highest BCUT2D eigenvalue weighted by Gasteiger charge is 2.36. The van der Waals surface area contributed by atoms with Crippen molar-refractivity contribution in [3.05, 3.63) is 21.6 Å². The van der Waals surface area contributed by atoms with Crippen LogP contribution in [0.2, 0.25) is 5.02 Å². The summed E-state index contributed by atoms with van der Waals surface area (Å²) in [6.07, 6.45) is 9.77. The Hall–Kier alpha value is -1.03. The molecule has 2 fully saturated rings. The maximum absolute atomic E-state index is 12.6. The lowest BCUT2D eigenvalue weighted by atomic mass is 9.75. The molecule has 0 saturated heterocycles. The predicted octanol–water partition coefficient (Wildman–Crippen LogP) is 3.44. The van der Waals surface area contributed by atoms with E-state index in [0.29, 0.717) is 16.6 Å². The number of rotatable bonds is 5. The van der Waals surface area contributed by atoms with Crippen molar-refractivity contribution in [3.63, 3.8) is 0 Å². The highest BCUT2D eigenvalue weighted by Crippen LogP contribution is 2.38. The minimum absolute atomic E-state index is 0.0656. The first-order valence-corrected chi connectivity index (χ1v) is 8.05. The van der Waals surface area contributed by atoms with Crippen LogP contribution in [0.4, 0.5) is 5.69 Å². The third kappa shape index (κ3) is 2.46. The second kappa shape index (κ2) is 5.40. The molecule has 2 saturated carbocycles. The number of aromatic nitrogens is 2. The number of nitrogens with zero attached hydrogens (tertiary/aromatic N) is 2. The van der Waals surface area contributed by atoms with E-state index < -0.39 is 0 Å². The molecular formula is C15H22ClN3O. The normalized spacial score (nSPS) is 21.1. The summed E-state index contributed by atoms with van der Waals surface area (Å²) < 4.78 is 1.58. The van der Waals surface area contributed by atoms with Crippen molar-refractivity contribution in [2.24, 2.45) is 5.92 Å². The maximum Gasteiger partial charge on any atom is 0.291 e. The van der Waals surface area contributed by atoms with Crippen LogP contribution < -0.4 is 10.9 Å². The summed E-state index contributed by atoms with van der Waals surface area (Å²) in [6, 6.07) is 0. The van der Waals surface area contributed by atoms with Gasteiger partial charge in [-0.05, 0) is 44.4 Å². The maximum atomic E-state index is 12.6. The Morgan fingerprint density at radius 3 is 2.70 bits per heavy atom. The highest BCUT2D eigenvalue weighted by molar-refractivity contribution is 6.33. The summed E-state index contributed by atoms with van der Waals surface area (Å²) in [5.74, 6) is 0.609. The molecule has 0 aliphatic heterocycles. The predicted molar refractivity (Wildman–Crippen MR) is 81.3 cm³/mol. The Morgan fingerprint density at radius 1 is 1.45 bits per heavy atom. The molecule has 0 unspecified atom stereocenters. The second-order valence-electron chi connectivity index (χ2n) is 6.26. The summed E-state index contributed by atoms with van der Waals surface area (Å²) in [5, 5.41) is 8.06. The van der Waals surface area contributed by atoms with Gasteiger partial charge in [0.25, 0.3) is 5.56 Å². The van der Waals surface area contributed by atoms with E-state index in [1.54, 1.807) is 10.9 Å². The van der Waals surface area contributed by atoms with E-state index in [2.05, 4.69) is 17.3 Å². The van der Waals surface area contributed by atoms with E-state index in [-0.39, 0.29) is 11.1 Å². The van der Waals surface area contributed by atoms with Crippen molar-refractivity contribution in [1.82, 2.24) is 9.78 Å². The van der Waals surface area contributed by atoms with E-state index in [9.17, 15) is 4.79 Å². The van der Waals surface area contributed by atoms with Crippen LogP contribution in [0.15, 0.2) is 11.0 Å². The number of hydrogen-bond donors (Lipinski definition) is 1. The van der Waals surface area contributed by atoms with Gasteiger partial charge in [0.2, 0.25) is 0 Å². The Morgan fingerprint density at radius 2 is 2.20 bits per heavy atom. The Balaban J connectivity index is 1.85. The summed E-state index contributed by atoms with van der Waals surface area (Å²) >= 11 is 6.19. The van der Waals surface area contributed by atoms with E-state index in [1.807, 2.05) is 0 Å². The van der Waals surface area contributed by atoms with Crippen LogP contribution in [0.1, 0.15) is 51.9 Å². The third-order valence-corrected chi connectivity index (χ3v) is 5.32. The molecular weight excluding hydrogens is 274 g/mol. The van der Waals surface area contributed by atoms with Crippen molar-refractivity contribution in [1.29, 1.82) is 0 Å². The molecule has 110 valence electrons. The Labute approximate surface area is 124 Å². The van der Waals surface area contributed by atoms with Gasteiger partial charge in [-0.25, -0.2) is 4.68 Å². The molecule has 1 aromatic rings. The monoisotopic (exact) mass is 295 g/mol. The fourth-order valence-electron chi connectivity index (χ4n) is 3.07. The lowest BCUT2D eigenvalue weighted by Gasteiger charge is -2.42. The molecule has 2 aliphatic rings. The average Bonchev–Trinajstić information content (AvgIpc) is 2.34.